The standard InChI is InChI=1S/C17H25NO5/c1-6-8-11(18-23-9-7-2)13-12(19)10-17(3,4)14(15(13)20)16(21)22-5/h7,14,18H,2,6,8-10H2,1,3-5H3/b13-11+. The maximum absolute atomic E-state index is 12.8. The molecular formula is C17H25NO5. The van der Waals surface area contributed by atoms with Crippen LogP contribution in [0.25, 0.3) is 0 Å². The molecule has 1 saturated carbocycles. The average molecular weight is 323 g/mol. The first kappa shape index (κ1) is 19.1. The molecule has 0 aromatic rings. The second-order valence-corrected chi connectivity index (χ2v) is 6.21. The van der Waals surface area contributed by atoms with E-state index in [4.69, 9.17) is 9.57 Å². The summed E-state index contributed by atoms with van der Waals surface area (Å²) in [7, 11) is 1.24. The third-order valence-corrected chi connectivity index (χ3v) is 3.82. The molecule has 0 aliphatic heterocycles. The number of ketones is 2. The number of nitrogens with one attached hydrogen (secondary N) is 1. The zero-order chi connectivity index (χ0) is 17.6. The van der Waals surface area contributed by atoms with Gasteiger partial charge in [0.1, 0.15) is 5.92 Å². The molecule has 128 valence electrons. The lowest BCUT2D eigenvalue weighted by atomic mass is 9.65. The van der Waals surface area contributed by atoms with E-state index in [0.717, 1.165) is 6.42 Å². The van der Waals surface area contributed by atoms with Gasteiger partial charge in [-0.1, -0.05) is 33.3 Å². The van der Waals surface area contributed by atoms with Crippen molar-refractivity contribution in [2.75, 3.05) is 13.7 Å². The molecule has 0 amide bonds. The Bertz CT molecular complexity index is 533. The van der Waals surface area contributed by atoms with Crippen LogP contribution in [0.15, 0.2) is 23.9 Å². The molecule has 6 nitrogen and oxygen atoms in total. The van der Waals surface area contributed by atoms with Crippen LogP contribution in [0.5, 0.6) is 0 Å². The van der Waals surface area contributed by atoms with Gasteiger partial charge in [0.2, 0.25) is 0 Å². The van der Waals surface area contributed by atoms with E-state index in [2.05, 4.69) is 12.1 Å². The lowest BCUT2D eigenvalue weighted by molar-refractivity contribution is -0.155. The summed E-state index contributed by atoms with van der Waals surface area (Å²) in [5.74, 6) is -2.39. The van der Waals surface area contributed by atoms with E-state index in [1.165, 1.54) is 7.11 Å². The molecule has 1 N–H and O–H groups in total. The maximum Gasteiger partial charge on any atom is 0.317 e. The first-order valence-electron chi connectivity index (χ1n) is 7.67. The Morgan fingerprint density at radius 3 is 2.61 bits per heavy atom. The predicted octanol–water partition coefficient (Wildman–Crippen LogP) is 2.11. The van der Waals surface area contributed by atoms with Gasteiger partial charge in [-0.05, 0) is 11.8 Å². The zero-order valence-electron chi connectivity index (χ0n) is 14.2. The molecule has 1 atom stereocenters. The number of rotatable bonds is 7. The van der Waals surface area contributed by atoms with E-state index in [9.17, 15) is 14.4 Å². The van der Waals surface area contributed by atoms with Crippen molar-refractivity contribution in [2.45, 2.75) is 40.0 Å². The average Bonchev–Trinajstić information content (AvgIpc) is 2.45. The Kier molecular flexibility index (Phi) is 6.69. The fourth-order valence-electron chi connectivity index (χ4n) is 2.77. The number of allylic oxidation sites excluding steroid dienone is 2. The van der Waals surface area contributed by atoms with E-state index in [1.807, 2.05) is 6.92 Å². The Morgan fingerprint density at radius 1 is 1.43 bits per heavy atom. The molecule has 0 bridgehead atoms. The number of ether oxygens (including phenoxy) is 1. The fourth-order valence-corrected chi connectivity index (χ4v) is 2.77. The number of hydrogen-bond donors (Lipinski definition) is 1. The van der Waals surface area contributed by atoms with Gasteiger partial charge in [-0.25, -0.2) is 0 Å². The highest BCUT2D eigenvalue weighted by molar-refractivity contribution is 6.27. The molecule has 0 spiro atoms. The van der Waals surface area contributed by atoms with Crippen LogP contribution in [-0.4, -0.2) is 31.3 Å². The number of methoxy groups -OCH3 is 1. The number of hydroxylamine groups is 1. The van der Waals surface area contributed by atoms with Gasteiger partial charge in [-0.15, -0.1) is 6.58 Å². The van der Waals surface area contributed by atoms with Gasteiger partial charge in [-0.3, -0.25) is 24.7 Å². The monoisotopic (exact) mass is 323 g/mol. The summed E-state index contributed by atoms with van der Waals surface area (Å²) in [6.45, 7) is 9.14. The Labute approximate surface area is 136 Å². The van der Waals surface area contributed by atoms with E-state index >= 15 is 0 Å². The molecular weight excluding hydrogens is 298 g/mol. The van der Waals surface area contributed by atoms with E-state index in [0.29, 0.717) is 12.1 Å². The van der Waals surface area contributed by atoms with Crippen LogP contribution in [0.3, 0.4) is 0 Å². The first-order valence-corrected chi connectivity index (χ1v) is 7.67. The minimum atomic E-state index is -0.992. The number of hydrogen-bond acceptors (Lipinski definition) is 6. The topological polar surface area (TPSA) is 81.7 Å². The third kappa shape index (κ3) is 4.28. The van der Waals surface area contributed by atoms with E-state index in [1.54, 1.807) is 19.9 Å². The van der Waals surface area contributed by atoms with Crippen LogP contribution >= 0.6 is 0 Å². The molecule has 1 rings (SSSR count). The highest BCUT2D eigenvalue weighted by atomic mass is 16.6. The predicted molar refractivity (Wildman–Crippen MR) is 85.1 cm³/mol. The number of carbonyl (C=O) groups excluding carboxylic acids is 3. The van der Waals surface area contributed by atoms with Gasteiger partial charge in [0.25, 0.3) is 0 Å². The lowest BCUT2D eigenvalue weighted by Crippen LogP contribution is -2.47. The van der Waals surface area contributed by atoms with Crippen molar-refractivity contribution in [3.05, 3.63) is 23.9 Å². The summed E-state index contributed by atoms with van der Waals surface area (Å²) in [6, 6.07) is 0. The van der Waals surface area contributed by atoms with Crippen LogP contribution in [-0.2, 0) is 24.0 Å². The highest BCUT2D eigenvalue weighted by Crippen LogP contribution is 2.40. The molecule has 0 saturated heterocycles. The van der Waals surface area contributed by atoms with Crippen LogP contribution < -0.4 is 5.48 Å². The van der Waals surface area contributed by atoms with Gasteiger partial charge >= 0.3 is 5.97 Å². The molecule has 0 heterocycles. The normalized spacial score (nSPS) is 22.5. The molecule has 0 aromatic heterocycles. The second kappa shape index (κ2) is 8.06. The molecule has 1 fully saturated rings. The number of esters is 1. The van der Waals surface area contributed by atoms with Crippen molar-refractivity contribution in [3.63, 3.8) is 0 Å². The van der Waals surface area contributed by atoms with Crippen LogP contribution in [0.2, 0.25) is 0 Å². The summed E-state index contributed by atoms with van der Waals surface area (Å²) >= 11 is 0. The second-order valence-electron chi connectivity index (χ2n) is 6.21. The van der Waals surface area contributed by atoms with Crippen molar-refractivity contribution < 1.29 is 24.0 Å². The Balaban J connectivity index is 3.27. The van der Waals surface area contributed by atoms with Crippen LogP contribution in [0.1, 0.15) is 40.0 Å². The SMILES string of the molecule is C=CCON/C(CCC)=C1\C(=O)CC(C)(C)C(C(=O)OC)C1=O. The summed E-state index contributed by atoms with van der Waals surface area (Å²) < 4.78 is 4.76. The Hall–Kier alpha value is -1.95. The summed E-state index contributed by atoms with van der Waals surface area (Å²) in [5, 5.41) is 0. The molecule has 1 aliphatic carbocycles. The van der Waals surface area contributed by atoms with Gasteiger partial charge in [0.05, 0.1) is 25.0 Å². The van der Waals surface area contributed by atoms with E-state index < -0.39 is 23.1 Å². The van der Waals surface area contributed by atoms with Crippen molar-refractivity contribution >= 4 is 17.5 Å². The maximum atomic E-state index is 12.8. The smallest absolute Gasteiger partial charge is 0.317 e. The van der Waals surface area contributed by atoms with Crippen molar-refractivity contribution in [3.8, 4) is 0 Å². The summed E-state index contributed by atoms with van der Waals surface area (Å²) in [5.41, 5.74) is 2.33. The van der Waals surface area contributed by atoms with Crippen molar-refractivity contribution in [2.24, 2.45) is 11.3 Å². The van der Waals surface area contributed by atoms with Gasteiger partial charge < -0.3 is 4.74 Å². The molecule has 1 unspecified atom stereocenters. The van der Waals surface area contributed by atoms with Gasteiger partial charge in [0.15, 0.2) is 11.6 Å². The summed E-state index contributed by atoms with van der Waals surface area (Å²) in [6.07, 6.45) is 2.84. The zero-order valence-corrected chi connectivity index (χ0v) is 14.2. The number of carbonyl (C=O) groups is 3. The molecule has 23 heavy (non-hydrogen) atoms. The van der Waals surface area contributed by atoms with Crippen molar-refractivity contribution in [1.29, 1.82) is 0 Å². The minimum Gasteiger partial charge on any atom is -0.468 e. The molecule has 6 heteroatoms. The van der Waals surface area contributed by atoms with Crippen molar-refractivity contribution in [1.82, 2.24) is 5.48 Å². The summed E-state index contributed by atoms with van der Waals surface area (Å²) in [4.78, 5) is 42.5. The minimum absolute atomic E-state index is 0.0191. The quantitative estimate of drug-likeness (QED) is 0.147. The largest absolute Gasteiger partial charge is 0.468 e. The van der Waals surface area contributed by atoms with Crippen LogP contribution in [0.4, 0.5) is 0 Å². The van der Waals surface area contributed by atoms with Crippen LogP contribution in [0, 0.1) is 11.3 Å². The molecule has 0 radical (unpaired) electrons. The van der Waals surface area contributed by atoms with Gasteiger partial charge in [-0.2, -0.15) is 0 Å². The molecule has 0 aromatic carbocycles. The highest BCUT2D eigenvalue weighted by Gasteiger charge is 2.50. The first-order chi connectivity index (χ1) is 10.8. The van der Waals surface area contributed by atoms with Gasteiger partial charge in [0, 0.05) is 6.42 Å². The third-order valence-electron chi connectivity index (χ3n) is 3.82. The number of Topliss-reactive ketones (excluding diaryl/α,β-unsaturated/α-hetero) is 2. The Morgan fingerprint density at radius 2 is 2.09 bits per heavy atom. The molecule has 1 aliphatic rings. The lowest BCUT2D eigenvalue weighted by Gasteiger charge is -2.36. The van der Waals surface area contributed by atoms with E-state index in [-0.39, 0.29) is 24.4 Å². The fraction of sp³-hybridized carbons (Fsp3) is 0.588.